The first kappa shape index (κ1) is 13.4. The predicted molar refractivity (Wildman–Crippen MR) is 66.1 cm³/mol. The zero-order valence-corrected chi connectivity index (χ0v) is 10.7. The van der Waals surface area contributed by atoms with Gasteiger partial charge >= 0.3 is 5.97 Å². The molecule has 94 valence electrons. The monoisotopic (exact) mass is 237 g/mol. The Morgan fingerprint density at radius 3 is 2.65 bits per heavy atom. The van der Waals surface area contributed by atoms with Crippen molar-refractivity contribution in [3.8, 4) is 0 Å². The smallest absolute Gasteiger partial charge is 0.305 e. The Bertz CT molecular complexity index is 402. The Labute approximate surface area is 101 Å². The van der Waals surface area contributed by atoms with Crippen LogP contribution in [0.25, 0.3) is 0 Å². The highest BCUT2D eigenvalue weighted by Gasteiger charge is 2.22. The predicted octanol–water partition coefficient (Wildman–Crippen LogP) is 2.27. The molecule has 0 spiro atoms. The molecule has 0 radical (unpaired) electrons. The number of hydrogen-bond donors (Lipinski definition) is 2. The lowest BCUT2D eigenvalue weighted by Crippen LogP contribution is -2.34. The van der Waals surface area contributed by atoms with E-state index in [1.165, 1.54) is 6.33 Å². The summed E-state index contributed by atoms with van der Waals surface area (Å²) in [6.07, 6.45) is 1.53. The maximum absolute atomic E-state index is 10.7. The van der Waals surface area contributed by atoms with Crippen LogP contribution in [0.5, 0.6) is 0 Å². The first-order chi connectivity index (χ1) is 7.80. The molecule has 0 saturated heterocycles. The van der Waals surface area contributed by atoms with E-state index in [4.69, 9.17) is 5.11 Å². The molecule has 1 aromatic rings. The number of carboxylic acids is 1. The molecule has 0 aliphatic rings. The van der Waals surface area contributed by atoms with Crippen molar-refractivity contribution >= 4 is 11.8 Å². The summed E-state index contributed by atoms with van der Waals surface area (Å²) < 4.78 is 0. The second-order valence-corrected chi connectivity index (χ2v) is 5.06. The van der Waals surface area contributed by atoms with Crippen LogP contribution in [0.4, 0.5) is 5.82 Å². The summed E-state index contributed by atoms with van der Waals surface area (Å²) in [5, 5.41) is 11.9. The number of nitrogens with zero attached hydrogens (tertiary/aromatic N) is 2. The van der Waals surface area contributed by atoms with Crippen molar-refractivity contribution in [2.24, 2.45) is 0 Å². The van der Waals surface area contributed by atoms with Crippen molar-refractivity contribution in [3.05, 3.63) is 18.1 Å². The Morgan fingerprint density at radius 1 is 1.47 bits per heavy atom. The van der Waals surface area contributed by atoms with E-state index >= 15 is 0 Å². The lowest BCUT2D eigenvalue weighted by molar-refractivity contribution is -0.137. The van der Waals surface area contributed by atoms with Gasteiger partial charge in [-0.05, 0) is 19.8 Å². The van der Waals surface area contributed by atoms with Gasteiger partial charge in [-0.3, -0.25) is 4.79 Å². The van der Waals surface area contributed by atoms with Crippen molar-refractivity contribution in [1.29, 1.82) is 0 Å². The first-order valence-electron chi connectivity index (χ1n) is 5.62. The van der Waals surface area contributed by atoms with Gasteiger partial charge in [0.05, 0.1) is 6.42 Å². The van der Waals surface area contributed by atoms with Crippen LogP contribution in [0.3, 0.4) is 0 Å². The quantitative estimate of drug-likeness (QED) is 0.821. The molecule has 0 unspecified atom stereocenters. The van der Waals surface area contributed by atoms with E-state index in [-0.39, 0.29) is 6.42 Å². The molecule has 17 heavy (non-hydrogen) atoms. The van der Waals surface area contributed by atoms with Crippen LogP contribution < -0.4 is 5.32 Å². The summed E-state index contributed by atoms with van der Waals surface area (Å²) in [4.78, 5) is 19.0. The maximum atomic E-state index is 10.7. The highest BCUT2D eigenvalue weighted by molar-refractivity contribution is 5.69. The number of aliphatic carboxylic acids is 1. The van der Waals surface area contributed by atoms with Crippen molar-refractivity contribution in [1.82, 2.24) is 9.97 Å². The summed E-state index contributed by atoms with van der Waals surface area (Å²) in [6, 6.07) is 1.86. The molecule has 0 fully saturated rings. The molecular formula is C12H19N3O2. The largest absolute Gasteiger partial charge is 0.481 e. The first-order valence-corrected chi connectivity index (χ1v) is 5.62. The Kier molecular flexibility index (Phi) is 4.04. The summed E-state index contributed by atoms with van der Waals surface area (Å²) in [5.41, 5.74) is 0.405. The molecule has 0 amide bonds. The molecule has 1 heterocycles. The Morgan fingerprint density at radius 2 is 2.12 bits per heavy atom. The number of aromatic nitrogens is 2. The fraction of sp³-hybridized carbons (Fsp3) is 0.583. The van der Waals surface area contributed by atoms with Crippen molar-refractivity contribution in [2.45, 2.75) is 45.6 Å². The van der Waals surface area contributed by atoms with Gasteiger partial charge in [-0.2, -0.15) is 0 Å². The van der Waals surface area contributed by atoms with Gasteiger partial charge in [-0.25, -0.2) is 9.97 Å². The molecule has 1 rings (SSSR count). The van der Waals surface area contributed by atoms with E-state index in [0.717, 1.165) is 5.69 Å². The fourth-order valence-corrected chi connectivity index (χ4v) is 1.53. The number of carboxylic acid groups (broad SMARTS) is 1. The van der Waals surface area contributed by atoms with Crippen LogP contribution in [0.1, 0.15) is 45.7 Å². The molecule has 2 N–H and O–H groups in total. The minimum Gasteiger partial charge on any atom is -0.481 e. The molecular weight excluding hydrogens is 218 g/mol. The Balaban J connectivity index is 2.80. The molecule has 0 aliphatic carbocycles. The van der Waals surface area contributed by atoms with Crippen LogP contribution in [-0.4, -0.2) is 26.6 Å². The van der Waals surface area contributed by atoms with E-state index in [1.54, 1.807) is 0 Å². The molecule has 0 aliphatic heterocycles. The zero-order chi connectivity index (χ0) is 13.1. The van der Waals surface area contributed by atoms with Crippen molar-refractivity contribution < 1.29 is 9.90 Å². The average Bonchev–Trinajstić information content (AvgIpc) is 2.14. The highest BCUT2D eigenvalue weighted by atomic mass is 16.4. The van der Waals surface area contributed by atoms with Gasteiger partial charge in [0.25, 0.3) is 0 Å². The minimum atomic E-state index is -0.833. The summed E-state index contributed by atoms with van der Waals surface area (Å²) >= 11 is 0. The number of rotatable bonds is 5. The van der Waals surface area contributed by atoms with Gasteiger partial charge in [0.2, 0.25) is 0 Å². The molecule has 5 heteroatoms. The summed E-state index contributed by atoms with van der Waals surface area (Å²) in [5.74, 6) is 0.150. The van der Waals surface area contributed by atoms with E-state index in [2.05, 4.69) is 29.1 Å². The van der Waals surface area contributed by atoms with Gasteiger partial charge in [-0.1, -0.05) is 13.8 Å². The van der Waals surface area contributed by atoms with E-state index in [0.29, 0.717) is 11.7 Å². The third-order valence-corrected chi connectivity index (χ3v) is 2.34. The SMILES string of the molecule is CC(C)c1cc(NC(C)(C)CC(=O)O)ncn1. The lowest BCUT2D eigenvalue weighted by Gasteiger charge is -2.25. The number of hydrogen-bond acceptors (Lipinski definition) is 4. The van der Waals surface area contributed by atoms with E-state index in [1.807, 2.05) is 19.9 Å². The average molecular weight is 237 g/mol. The third-order valence-electron chi connectivity index (χ3n) is 2.34. The summed E-state index contributed by atoms with van der Waals surface area (Å²) in [7, 11) is 0. The standard InChI is InChI=1S/C12H19N3O2/c1-8(2)9-5-10(14-7-13-9)15-12(3,4)6-11(16)17/h5,7-8H,6H2,1-4H3,(H,16,17)(H,13,14,15). The van der Waals surface area contributed by atoms with Gasteiger partial charge in [0.15, 0.2) is 0 Å². The van der Waals surface area contributed by atoms with Crippen LogP contribution in [0, 0.1) is 0 Å². The molecule has 0 saturated carbocycles. The van der Waals surface area contributed by atoms with Gasteiger partial charge < -0.3 is 10.4 Å². The van der Waals surface area contributed by atoms with Gasteiger partial charge in [0.1, 0.15) is 12.1 Å². The number of nitrogens with one attached hydrogen (secondary N) is 1. The molecule has 0 bridgehead atoms. The number of anilines is 1. The Hall–Kier alpha value is -1.65. The van der Waals surface area contributed by atoms with Crippen molar-refractivity contribution in [3.63, 3.8) is 0 Å². The minimum absolute atomic E-state index is 0.0357. The van der Waals surface area contributed by atoms with Crippen LogP contribution in [0.15, 0.2) is 12.4 Å². The van der Waals surface area contributed by atoms with Crippen LogP contribution in [0.2, 0.25) is 0 Å². The van der Waals surface area contributed by atoms with Crippen LogP contribution in [-0.2, 0) is 4.79 Å². The normalized spacial score (nSPS) is 11.6. The summed E-state index contributed by atoms with van der Waals surface area (Å²) in [6.45, 7) is 7.76. The molecule has 0 aromatic carbocycles. The zero-order valence-electron chi connectivity index (χ0n) is 10.7. The molecule has 1 aromatic heterocycles. The molecule has 0 atom stereocenters. The highest BCUT2D eigenvalue weighted by Crippen LogP contribution is 2.19. The lowest BCUT2D eigenvalue weighted by atomic mass is 10.0. The second-order valence-electron chi connectivity index (χ2n) is 5.06. The van der Waals surface area contributed by atoms with Crippen LogP contribution >= 0.6 is 0 Å². The second kappa shape index (κ2) is 5.12. The van der Waals surface area contributed by atoms with Crippen molar-refractivity contribution in [2.75, 3.05) is 5.32 Å². The molecule has 5 nitrogen and oxygen atoms in total. The topological polar surface area (TPSA) is 75.1 Å². The number of carbonyl (C=O) groups is 1. The van der Waals surface area contributed by atoms with E-state index < -0.39 is 11.5 Å². The fourth-order valence-electron chi connectivity index (χ4n) is 1.53. The van der Waals surface area contributed by atoms with E-state index in [9.17, 15) is 4.79 Å². The van der Waals surface area contributed by atoms with Gasteiger partial charge in [0, 0.05) is 17.3 Å². The maximum Gasteiger partial charge on any atom is 0.305 e. The third kappa shape index (κ3) is 4.38. The van der Waals surface area contributed by atoms with Gasteiger partial charge in [-0.15, -0.1) is 0 Å².